The average Bonchev–Trinajstić information content (AvgIpc) is 3.08. The smallest absolute Gasteiger partial charge is 0.416 e. The van der Waals surface area contributed by atoms with Crippen molar-refractivity contribution in [3.8, 4) is 0 Å². The summed E-state index contributed by atoms with van der Waals surface area (Å²) in [6.45, 7) is 5.42. The maximum absolute atomic E-state index is 13.2. The second-order valence-corrected chi connectivity index (χ2v) is 8.87. The second-order valence-electron chi connectivity index (χ2n) is 8.43. The largest absolute Gasteiger partial charge is 0.495 e. The minimum Gasteiger partial charge on any atom is -0.495 e. The molecule has 2 aromatic carbocycles. The number of ether oxygens (including phenoxy) is 1. The van der Waals surface area contributed by atoms with Crippen LogP contribution in [0.25, 0.3) is 10.9 Å². The Morgan fingerprint density at radius 2 is 1.63 bits per heavy atom. The van der Waals surface area contributed by atoms with Crippen LogP contribution in [-0.4, -0.2) is 16.2 Å². The first-order valence-corrected chi connectivity index (χ1v) is 10.7. The summed E-state index contributed by atoms with van der Waals surface area (Å²) in [6.07, 6.45) is -5.07. The SMILES string of the molecule is C/C=C\OC(C)(C)Cc1cn(C(=O)Nc2cc(C(F)(F)F)cc(C(F)(F)F)c2)c2ccc(Cl)cc12. The molecular weight excluding hydrogens is 498 g/mol. The van der Waals surface area contributed by atoms with Crippen LogP contribution in [0.4, 0.5) is 36.8 Å². The van der Waals surface area contributed by atoms with Gasteiger partial charge in [-0.1, -0.05) is 17.7 Å². The number of allylic oxidation sites excluding steroid dienone is 1. The molecule has 0 saturated heterocycles. The van der Waals surface area contributed by atoms with E-state index in [1.807, 2.05) is 13.8 Å². The molecule has 0 atom stereocenters. The number of carbonyl (C=O) groups is 1. The highest BCUT2D eigenvalue weighted by atomic mass is 35.5. The fourth-order valence-corrected chi connectivity index (χ4v) is 3.71. The Morgan fingerprint density at radius 1 is 1.03 bits per heavy atom. The molecule has 1 heterocycles. The van der Waals surface area contributed by atoms with Crippen molar-refractivity contribution < 1.29 is 35.9 Å². The molecular formula is C24H21ClF6N2O2. The molecule has 3 rings (SSSR count). The Morgan fingerprint density at radius 3 is 2.17 bits per heavy atom. The molecule has 1 aromatic heterocycles. The number of hydrogen-bond donors (Lipinski definition) is 1. The third kappa shape index (κ3) is 6.30. The van der Waals surface area contributed by atoms with E-state index in [1.54, 1.807) is 19.1 Å². The number of alkyl halides is 6. The van der Waals surface area contributed by atoms with E-state index in [4.69, 9.17) is 16.3 Å². The molecule has 0 fully saturated rings. The minimum absolute atomic E-state index is 0.00630. The second kappa shape index (κ2) is 9.49. The van der Waals surface area contributed by atoms with E-state index in [-0.39, 0.29) is 6.07 Å². The van der Waals surface area contributed by atoms with Crippen LogP contribution in [0.2, 0.25) is 5.02 Å². The average molecular weight is 519 g/mol. The van der Waals surface area contributed by atoms with Crippen LogP contribution in [0.5, 0.6) is 0 Å². The van der Waals surface area contributed by atoms with Crippen molar-refractivity contribution in [2.45, 2.75) is 45.1 Å². The predicted octanol–water partition coefficient (Wildman–Crippen LogP) is 8.28. The number of nitrogens with one attached hydrogen (secondary N) is 1. The summed E-state index contributed by atoms with van der Waals surface area (Å²) < 4.78 is 85.9. The van der Waals surface area contributed by atoms with Gasteiger partial charge < -0.3 is 10.1 Å². The number of benzene rings is 2. The molecule has 188 valence electrons. The van der Waals surface area contributed by atoms with Crippen LogP contribution in [0.3, 0.4) is 0 Å². The van der Waals surface area contributed by atoms with E-state index in [0.29, 0.717) is 40.0 Å². The zero-order valence-corrected chi connectivity index (χ0v) is 19.6. The number of fused-ring (bicyclic) bond motifs is 1. The predicted molar refractivity (Wildman–Crippen MR) is 121 cm³/mol. The number of anilines is 1. The van der Waals surface area contributed by atoms with E-state index in [1.165, 1.54) is 24.6 Å². The number of aromatic nitrogens is 1. The zero-order chi connectivity index (χ0) is 26.2. The Bertz CT molecular complexity index is 1240. The third-order valence-corrected chi connectivity index (χ3v) is 5.28. The summed E-state index contributed by atoms with van der Waals surface area (Å²) in [6, 6.07) is 4.62. The van der Waals surface area contributed by atoms with Crippen LogP contribution in [0.15, 0.2) is 54.9 Å². The molecule has 11 heteroatoms. The van der Waals surface area contributed by atoms with Crippen molar-refractivity contribution in [2.75, 3.05) is 5.32 Å². The Balaban J connectivity index is 2.03. The highest BCUT2D eigenvalue weighted by Crippen LogP contribution is 2.38. The van der Waals surface area contributed by atoms with Gasteiger partial charge in [0.05, 0.1) is 22.9 Å². The molecule has 0 spiro atoms. The summed E-state index contributed by atoms with van der Waals surface area (Å²) in [5.74, 6) is 0. The highest BCUT2D eigenvalue weighted by molar-refractivity contribution is 6.31. The highest BCUT2D eigenvalue weighted by Gasteiger charge is 2.37. The van der Waals surface area contributed by atoms with Gasteiger partial charge in [-0.15, -0.1) is 0 Å². The Hall–Kier alpha value is -3.14. The molecule has 3 aromatic rings. The molecule has 0 aliphatic rings. The number of halogens is 7. The summed E-state index contributed by atoms with van der Waals surface area (Å²) in [5.41, 5.74) is -3.39. The van der Waals surface area contributed by atoms with E-state index in [2.05, 4.69) is 5.32 Å². The Kier molecular flexibility index (Phi) is 7.17. The summed E-state index contributed by atoms with van der Waals surface area (Å²) in [5, 5.41) is 3.12. The van der Waals surface area contributed by atoms with Crippen molar-refractivity contribution in [2.24, 2.45) is 0 Å². The molecule has 35 heavy (non-hydrogen) atoms. The summed E-state index contributed by atoms with van der Waals surface area (Å²) in [4.78, 5) is 13.0. The topological polar surface area (TPSA) is 43.3 Å². The van der Waals surface area contributed by atoms with Crippen LogP contribution in [0, 0.1) is 0 Å². The van der Waals surface area contributed by atoms with Gasteiger partial charge in [-0.3, -0.25) is 4.57 Å². The van der Waals surface area contributed by atoms with Crippen molar-refractivity contribution in [3.63, 3.8) is 0 Å². The van der Waals surface area contributed by atoms with Gasteiger partial charge in [-0.05, 0) is 62.7 Å². The third-order valence-electron chi connectivity index (χ3n) is 5.05. The first-order valence-electron chi connectivity index (χ1n) is 10.3. The van der Waals surface area contributed by atoms with E-state index in [9.17, 15) is 31.1 Å². The quantitative estimate of drug-likeness (QED) is 0.273. The molecule has 1 N–H and O–H groups in total. The normalized spacial score (nSPS) is 13.0. The zero-order valence-electron chi connectivity index (χ0n) is 18.8. The number of rotatable bonds is 5. The molecule has 0 bridgehead atoms. The molecule has 0 aliphatic carbocycles. The lowest BCUT2D eigenvalue weighted by Gasteiger charge is -2.24. The standard InChI is InChI=1S/C24H21ClF6N2O2/c1-4-7-35-22(2,3)12-14-13-33(20-6-5-17(25)11-19(14)20)21(34)32-18-9-15(23(26,27)28)8-16(10-18)24(29,30)31/h4-11,13H,12H2,1-3H3,(H,32,34)/b7-4-. The fraction of sp³-hybridized carbons (Fsp3) is 0.292. The number of nitrogens with zero attached hydrogens (tertiary/aromatic N) is 1. The van der Waals surface area contributed by atoms with Crippen LogP contribution < -0.4 is 5.32 Å². The van der Waals surface area contributed by atoms with Crippen LogP contribution in [0.1, 0.15) is 37.5 Å². The van der Waals surface area contributed by atoms with Crippen molar-refractivity contribution in [1.29, 1.82) is 0 Å². The number of amides is 1. The van der Waals surface area contributed by atoms with Crippen LogP contribution in [-0.2, 0) is 23.5 Å². The molecule has 0 saturated carbocycles. The van der Waals surface area contributed by atoms with E-state index >= 15 is 0 Å². The molecule has 4 nitrogen and oxygen atoms in total. The van der Waals surface area contributed by atoms with Gasteiger partial charge in [0.2, 0.25) is 0 Å². The molecule has 0 aliphatic heterocycles. The van der Waals surface area contributed by atoms with Gasteiger partial charge in [-0.25, -0.2) is 4.79 Å². The molecule has 0 unspecified atom stereocenters. The van der Waals surface area contributed by atoms with Gasteiger partial charge in [-0.2, -0.15) is 26.3 Å². The van der Waals surface area contributed by atoms with Crippen molar-refractivity contribution in [1.82, 2.24) is 4.57 Å². The monoisotopic (exact) mass is 518 g/mol. The van der Waals surface area contributed by atoms with Gasteiger partial charge in [0.1, 0.15) is 5.60 Å². The lowest BCUT2D eigenvalue weighted by atomic mass is 9.98. The Labute approximate surface area is 202 Å². The van der Waals surface area contributed by atoms with Gasteiger partial charge in [0.15, 0.2) is 0 Å². The first kappa shape index (κ1) is 26.5. The van der Waals surface area contributed by atoms with E-state index in [0.717, 1.165) is 4.57 Å². The lowest BCUT2D eigenvalue weighted by Crippen LogP contribution is -2.25. The van der Waals surface area contributed by atoms with Crippen LogP contribution >= 0.6 is 11.6 Å². The maximum atomic E-state index is 13.2. The van der Waals surface area contributed by atoms with Gasteiger partial charge in [0, 0.05) is 28.7 Å². The molecule has 0 radical (unpaired) electrons. The lowest BCUT2D eigenvalue weighted by molar-refractivity contribution is -0.143. The van der Waals surface area contributed by atoms with Crippen molar-refractivity contribution >= 4 is 34.2 Å². The molecule has 1 amide bonds. The first-order chi connectivity index (χ1) is 16.1. The maximum Gasteiger partial charge on any atom is 0.416 e. The van der Waals surface area contributed by atoms with Gasteiger partial charge in [0.25, 0.3) is 0 Å². The van der Waals surface area contributed by atoms with Gasteiger partial charge >= 0.3 is 18.4 Å². The van der Waals surface area contributed by atoms with E-state index < -0.39 is 40.8 Å². The summed E-state index contributed by atoms with van der Waals surface area (Å²) >= 11 is 6.12. The number of hydrogen-bond acceptors (Lipinski definition) is 2. The fourth-order valence-electron chi connectivity index (χ4n) is 3.54. The summed E-state index contributed by atoms with van der Waals surface area (Å²) in [7, 11) is 0. The van der Waals surface area contributed by atoms with Crippen molar-refractivity contribution in [3.05, 3.63) is 76.6 Å². The minimum atomic E-state index is -5.04. The number of carbonyl (C=O) groups excluding carboxylic acids is 1.